The highest BCUT2D eigenvalue weighted by Gasteiger charge is 2.32. The fourth-order valence-electron chi connectivity index (χ4n) is 1.49. The van der Waals surface area contributed by atoms with Gasteiger partial charge in [0.25, 0.3) is 0 Å². The first-order chi connectivity index (χ1) is 8.94. The van der Waals surface area contributed by atoms with Crippen LogP contribution < -0.4 is 0 Å². The Morgan fingerprint density at radius 1 is 1.15 bits per heavy atom. The van der Waals surface area contributed by atoms with Crippen molar-refractivity contribution >= 4 is 31.9 Å². The second-order valence-corrected chi connectivity index (χ2v) is 19.2. The lowest BCUT2D eigenvalue weighted by Gasteiger charge is -2.33. The summed E-state index contributed by atoms with van der Waals surface area (Å²) in [6.07, 6.45) is 1.97. The van der Waals surface area contributed by atoms with Crippen LogP contribution in [0.5, 0.6) is 0 Å². The van der Waals surface area contributed by atoms with E-state index in [2.05, 4.69) is 52.8 Å². The van der Waals surface area contributed by atoms with Crippen LogP contribution in [0.25, 0.3) is 0 Å². The number of carbonyl (C=O) groups is 1. The second-order valence-electron chi connectivity index (χ2n) is 6.97. The summed E-state index contributed by atoms with van der Waals surface area (Å²) < 4.78 is 17.6. The Kier molecular flexibility index (Phi) is 8.19. The summed E-state index contributed by atoms with van der Waals surface area (Å²) >= 11 is 0. The lowest BCUT2D eigenvalue weighted by Crippen LogP contribution is -2.45. The molecule has 118 valence electrons. The molecule has 0 rings (SSSR count). The molecule has 0 N–H and O–H groups in total. The van der Waals surface area contributed by atoms with Crippen LogP contribution in [-0.2, 0) is 17.8 Å². The average molecular weight is 335 g/mol. The minimum atomic E-state index is -1.74. The van der Waals surface area contributed by atoms with Crippen molar-refractivity contribution in [3.63, 3.8) is 0 Å². The third kappa shape index (κ3) is 10.6. The highest BCUT2D eigenvalue weighted by molar-refractivity contribution is 6.81. The first kappa shape index (κ1) is 19.8. The van der Waals surface area contributed by atoms with Crippen molar-refractivity contribution in [3.8, 4) is 0 Å². The molecule has 0 saturated carbocycles. The van der Waals surface area contributed by atoms with Gasteiger partial charge in [-0.25, -0.2) is 4.79 Å². The van der Waals surface area contributed by atoms with Gasteiger partial charge in [0.15, 0.2) is 16.6 Å². The van der Waals surface area contributed by atoms with Gasteiger partial charge in [0.05, 0.1) is 6.61 Å². The minimum absolute atomic E-state index is 0.325. The van der Waals surface area contributed by atoms with Crippen LogP contribution in [0, 0.1) is 0 Å². The maximum Gasteiger partial charge on any atom is 0.330 e. The van der Waals surface area contributed by atoms with Gasteiger partial charge in [-0.3, -0.25) is 0 Å². The molecule has 0 bridgehead atoms. The Morgan fingerprint density at radius 2 is 1.60 bits per heavy atom. The van der Waals surface area contributed by atoms with E-state index < -0.39 is 25.9 Å². The smallest absolute Gasteiger partial charge is 0.330 e. The number of ether oxygens (including phenoxy) is 1. The Bertz CT molecular complexity index is 305. The SMILES string of the molecule is C=CC(=O)OCCC(C)[SiH](O[Si](C)(C)C)O[Si](C)(C)C. The molecule has 0 saturated heterocycles. The molecular formula is C13H30O4Si3. The zero-order valence-corrected chi connectivity index (χ0v) is 17.1. The predicted octanol–water partition coefficient (Wildman–Crippen LogP) is 3.42. The fourth-order valence-corrected chi connectivity index (χ4v) is 9.96. The zero-order valence-electron chi connectivity index (χ0n) is 14.0. The van der Waals surface area contributed by atoms with Gasteiger partial charge < -0.3 is 13.0 Å². The predicted molar refractivity (Wildman–Crippen MR) is 91.2 cm³/mol. The number of carbonyl (C=O) groups excluding carboxylic acids is 1. The molecule has 1 unspecified atom stereocenters. The molecule has 0 aromatic rings. The van der Waals surface area contributed by atoms with E-state index in [0.717, 1.165) is 6.42 Å². The molecule has 20 heavy (non-hydrogen) atoms. The highest BCUT2D eigenvalue weighted by Crippen LogP contribution is 2.23. The van der Waals surface area contributed by atoms with E-state index in [9.17, 15) is 4.79 Å². The first-order valence-corrected chi connectivity index (χ1v) is 15.5. The van der Waals surface area contributed by atoms with Crippen LogP contribution in [0.15, 0.2) is 12.7 Å². The first-order valence-electron chi connectivity index (χ1n) is 7.09. The topological polar surface area (TPSA) is 44.8 Å². The summed E-state index contributed by atoms with van der Waals surface area (Å²) in [5.41, 5.74) is 0.325. The number of hydrogen-bond acceptors (Lipinski definition) is 4. The van der Waals surface area contributed by atoms with Gasteiger partial charge >= 0.3 is 15.3 Å². The normalized spacial score (nSPS) is 14.2. The van der Waals surface area contributed by atoms with Gasteiger partial charge in [0.1, 0.15) is 0 Å². The van der Waals surface area contributed by atoms with Gasteiger partial charge in [-0.05, 0) is 51.2 Å². The lowest BCUT2D eigenvalue weighted by atomic mass is 10.3. The van der Waals surface area contributed by atoms with Gasteiger partial charge in [-0.2, -0.15) is 0 Å². The molecule has 0 spiro atoms. The van der Waals surface area contributed by atoms with Crippen molar-refractivity contribution in [1.29, 1.82) is 0 Å². The molecule has 0 aliphatic rings. The monoisotopic (exact) mass is 334 g/mol. The molecule has 0 aromatic carbocycles. The van der Waals surface area contributed by atoms with E-state index in [1.807, 2.05) is 0 Å². The average Bonchev–Trinajstić information content (AvgIpc) is 2.23. The van der Waals surface area contributed by atoms with Crippen molar-refractivity contribution in [2.75, 3.05) is 6.61 Å². The van der Waals surface area contributed by atoms with Crippen molar-refractivity contribution in [2.45, 2.75) is 58.2 Å². The molecule has 0 aliphatic heterocycles. The van der Waals surface area contributed by atoms with Crippen LogP contribution in [-0.4, -0.2) is 38.5 Å². The Balaban J connectivity index is 4.51. The summed E-state index contributed by atoms with van der Waals surface area (Å²) in [5, 5.41) is 0. The van der Waals surface area contributed by atoms with Crippen molar-refractivity contribution in [3.05, 3.63) is 12.7 Å². The molecule has 0 amide bonds. The second kappa shape index (κ2) is 8.28. The standard InChI is InChI=1S/C13H30O4Si3/c1-9-13(14)15-11-10-12(2)18(16-19(3,4)5)17-20(6,7)8/h9,12,18H,1,10-11H2,2-8H3. The van der Waals surface area contributed by atoms with E-state index in [4.69, 9.17) is 13.0 Å². The molecule has 0 aliphatic carbocycles. The zero-order chi connectivity index (χ0) is 16.0. The molecule has 1 atom stereocenters. The fraction of sp³-hybridized carbons (Fsp3) is 0.769. The van der Waals surface area contributed by atoms with Crippen LogP contribution >= 0.6 is 0 Å². The van der Waals surface area contributed by atoms with E-state index in [0.29, 0.717) is 12.1 Å². The lowest BCUT2D eigenvalue weighted by molar-refractivity contribution is -0.137. The largest absolute Gasteiger partial charge is 0.463 e. The molecule has 4 nitrogen and oxygen atoms in total. The highest BCUT2D eigenvalue weighted by atomic mass is 28.4. The maximum atomic E-state index is 11.0. The number of esters is 1. The summed E-state index contributed by atoms with van der Waals surface area (Å²) in [4.78, 5) is 11.0. The van der Waals surface area contributed by atoms with Crippen molar-refractivity contribution in [1.82, 2.24) is 0 Å². The molecule has 0 aromatic heterocycles. The number of hydrogen-bond donors (Lipinski definition) is 0. The van der Waals surface area contributed by atoms with Crippen LogP contribution in [0.2, 0.25) is 44.8 Å². The molecule has 7 heteroatoms. The summed E-state index contributed by atoms with van der Waals surface area (Å²) in [6.45, 7) is 19.0. The quantitative estimate of drug-likeness (QED) is 0.368. The minimum Gasteiger partial charge on any atom is -0.463 e. The summed E-state index contributed by atoms with van der Waals surface area (Å²) in [6, 6.07) is 0. The van der Waals surface area contributed by atoms with Gasteiger partial charge in [-0.1, -0.05) is 13.5 Å². The summed E-state index contributed by atoms with van der Waals surface area (Å²) in [5.74, 6) is -0.368. The maximum absolute atomic E-state index is 11.0. The van der Waals surface area contributed by atoms with Crippen LogP contribution in [0.3, 0.4) is 0 Å². The third-order valence-corrected chi connectivity index (χ3v) is 11.2. The molecule has 0 fully saturated rings. The number of rotatable bonds is 9. The van der Waals surface area contributed by atoms with Crippen molar-refractivity contribution < 1.29 is 17.8 Å². The van der Waals surface area contributed by atoms with E-state index in [1.165, 1.54) is 6.08 Å². The Labute approximate surface area is 127 Å². The van der Waals surface area contributed by atoms with Gasteiger partial charge in [-0.15, -0.1) is 0 Å². The third-order valence-electron chi connectivity index (χ3n) is 2.39. The van der Waals surface area contributed by atoms with E-state index in [1.54, 1.807) is 0 Å². The molecule has 0 heterocycles. The molecular weight excluding hydrogens is 304 g/mol. The summed E-state index contributed by atoms with van der Waals surface area (Å²) in [7, 11) is -4.97. The molecule has 0 radical (unpaired) electrons. The van der Waals surface area contributed by atoms with Gasteiger partial charge in [0.2, 0.25) is 0 Å². The Hall–Kier alpha value is -0.219. The Morgan fingerprint density at radius 3 is 1.95 bits per heavy atom. The van der Waals surface area contributed by atoms with Crippen molar-refractivity contribution in [2.24, 2.45) is 0 Å². The van der Waals surface area contributed by atoms with Gasteiger partial charge in [0, 0.05) is 6.08 Å². The van der Waals surface area contributed by atoms with E-state index >= 15 is 0 Å². The van der Waals surface area contributed by atoms with Crippen LogP contribution in [0.1, 0.15) is 13.3 Å². The van der Waals surface area contributed by atoms with Crippen LogP contribution in [0.4, 0.5) is 0 Å². The van der Waals surface area contributed by atoms with E-state index in [-0.39, 0.29) is 5.97 Å².